The fourth-order valence-corrected chi connectivity index (χ4v) is 3.73. The second-order valence-corrected chi connectivity index (χ2v) is 8.66. The Bertz CT molecular complexity index is 1020. The highest BCUT2D eigenvalue weighted by Gasteiger charge is 2.31. The van der Waals surface area contributed by atoms with Crippen molar-refractivity contribution in [2.24, 2.45) is 0 Å². The lowest BCUT2D eigenvalue weighted by atomic mass is 10.3. The van der Waals surface area contributed by atoms with Crippen molar-refractivity contribution in [3.05, 3.63) is 46.1 Å². The summed E-state index contributed by atoms with van der Waals surface area (Å²) in [6, 6.07) is 6.74. The first-order chi connectivity index (χ1) is 13.2. The quantitative estimate of drug-likeness (QED) is 0.630. The number of carbonyl (C=O) groups excluding carboxylic acids is 2. The predicted molar refractivity (Wildman–Crippen MR) is 102 cm³/mol. The largest absolute Gasteiger partial charge is 0.447 e. The minimum atomic E-state index is -3.83. The van der Waals surface area contributed by atoms with Crippen molar-refractivity contribution in [3.63, 3.8) is 0 Å². The van der Waals surface area contributed by atoms with Crippen LogP contribution in [0.2, 0.25) is 10.0 Å². The van der Waals surface area contributed by atoms with E-state index in [1.807, 2.05) is 0 Å². The summed E-state index contributed by atoms with van der Waals surface area (Å²) in [5, 5.41) is 2.74. The van der Waals surface area contributed by atoms with Crippen LogP contribution >= 0.6 is 23.2 Å². The van der Waals surface area contributed by atoms with E-state index in [1.54, 1.807) is 6.07 Å². The molecule has 150 valence electrons. The van der Waals surface area contributed by atoms with Crippen molar-refractivity contribution < 1.29 is 27.2 Å². The Morgan fingerprint density at radius 3 is 2.61 bits per heavy atom. The zero-order valence-corrected chi connectivity index (χ0v) is 16.9. The third kappa shape index (κ3) is 5.05. The van der Waals surface area contributed by atoms with E-state index in [1.165, 1.54) is 25.1 Å². The summed E-state index contributed by atoms with van der Waals surface area (Å²) < 4.78 is 36.7. The van der Waals surface area contributed by atoms with E-state index in [9.17, 15) is 18.0 Å². The van der Waals surface area contributed by atoms with Gasteiger partial charge in [0.15, 0.2) is 6.10 Å². The number of halogens is 2. The molecule has 1 amide bonds. The number of nitrogens with one attached hydrogen (secondary N) is 2. The summed E-state index contributed by atoms with van der Waals surface area (Å²) in [6.07, 6.45) is 0.327. The number of sulfonamides is 1. The average molecular weight is 447 g/mol. The van der Waals surface area contributed by atoms with Gasteiger partial charge in [0.2, 0.25) is 10.9 Å². The second kappa shape index (κ2) is 8.12. The second-order valence-electron chi connectivity index (χ2n) is 6.18. The summed E-state index contributed by atoms with van der Waals surface area (Å²) in [7, 11) is -3.83. The molecule has 1 heterocycles. The molecule has 1 unspecified atom stereocenters. The van der Waals surface area contributed by atoms with Crippen LogP contribution in [0.3, 0.4) is 0 Å². The molecule has 2 N–H and O–H groups in total. The number of hydrogen-bond acceptors (Lipinski definition) is 6. The first-order valence-corrected chi connectivity index (χ1v) is 10.5. The normalized spacial score (nSPS) is 15.1. The van der Waals surface area contributed by atoms with Crippen LogP contribution in [0.1, 0.15) is 30.3 Å². The van der Waals surface area contributed by atoms with E-state index in [-0.39, 0.29) is 22.5 Å². The van der Waals surface area contributed by atoms with E-state index in [0.29, 0.717) is 5.02 Å². The molecule has 1 aromatic carbocycles. The number of hydrogen-bond donors (Lipinski definition) is 2. The van der Waals surface area contributed by atoms with Gasteiger partial charge in [0.1, 0.15) is 0 Å². The lowest BCUT2D eigenvalue weighted by molar-refractivity contribution is -0.123. The fourth-order valence-electron chi connectivity index (χ4n) is 2.15. The molecule has 0 aliphatic heterocycles. The summed E-state index contributed by atoms with van der Waals surface area (Å²) >= 11 is 11.8. The molecule has 1 aliphatic carbocycles. The van der Waals surface area contributed by atoms with Crippen LogP contribution in [0.25, 0.3) is 0 Å². The molecule has 1 saturated carbocycles. The van der Waals surface area contributed by atoms with Crippen LogP contribution in [0.5, 0.6) is 0 Å². The summed E-state index contributed by atoms with van der Waals surface area (Å²) in [4.78, 5) is 24.4. The van der Waals surface area contributed by atoms with Crippen molar-refractivity contribution in [3.8, 4) is 0 Å². The molecule has 1 fully saturated rings. The molecule has 2 aromatic rings. The molecule has 8 nitrogen and oxygen atoms in total. The van der Waals surface area contributed by atoms with E-state index in [4.69, 9.17) is 32.4 Å². The number of carbonyl (C=O) groups is 2. The SMILES string of the molecule is CC(OC(=O)c1ccc(S(=O)(=O)NC2CC2)o1)C(=O)Nc1cc(Cl)ccc1Cl. The molecule has 11 heteroatoms. The molecule has 1 atom stereocenters. The van der Waals surface area contributed by atoms with Gasteiger partial charge in [-0.1, -0.05) is 23.2 Å². The number of esters is 1. The summed E-state index contributed by atoms with van der Waals surface area (Å²) in [6.45, 7) is 1.35. The first kappa shape index (κ1) is 20.7. The maximum atomic E-state index is 12.2. The Labute approximate surface area is 171 Å². The van der Waals surface area contributed by atoms with Crippen molar-refractivity contribution in [2.75, 3.05) is 5.32 Å². The van der Waals surface area contributed by atoms with Gasteiger partial charge < -0.3 is 14.5 Å². The van der Waals surface area contributed by atoms with Gasteiger partial charge in [-0.2, -0.15) is 0 Å². The molecule has 0 saturated heterocycles. The Morgan fingerprint density at radius 2 is 1.93 bits per heavy atom. The minimum absolute atomic E-state index is 0.104. The molecular formula is C17H16Cl2N2O6S. The Balaban J connectivity index is 1.62. The summed E-state index contributed by atoms with van der Waals surface area (Å²) in [5.41, 5.74) is 0.264. The van der Waals surface area contributed by atoms with Crippen molar-refractivity contribution in [1.29, 1.82) is 0 Å². The number of anilines is 1. The highest BCUT2D eigenvalue weighted by molar-refractivity contribution is 7.89. The maximum Gasteiger partial charge on any atom is 0.375 e. The van der Waals surface area contributed by atoms with E-state index >= 15 is 0 Å². The van der Waals surface area contributed by atoms with Gasteiger partial charge in [-0.25, -0.2) is 17.9 Å². The monoisotopic (exact) mass is 446 g/mol. The molecule has 1 aliphatic rings. The lowest BCUT2D eigenvalue weighted by Gasteiger charge is -2.13. The number of ether oxygens (including phenoxy) is 1. The van der Waals surface area contributed by atoms with Crippen molar-refractivity contribution >= 4 is 50.8 Å². The van der Waals surface area contributed by atoms with Gasteiger partial charge in [-0.05, 0) is 50.1 Å². The van der Waals surface area contributed by atoms with Gasteiger partial charge in [0.05, 0.1) is 10.7 Å². The summed E-state index contributed by atoms with van der Waals surface area (Å²) in [5.74, 6) is -1.96. The molecule has 3 rings (SSSR count). The molecule has 0 spiro atoms. The third-order valence-electron chi connectivity index (χ3n) is 3.79. The number of benzene rings is 1. The number of amides is 1. The van der Waals surface area contributed by atoms with Crippen LogP contribution in [-0.2, 0) is 19.6 Å². The zero-order chi connectivity index (χ0) is 20.5. The van der Waals surface area contributed by atoms with Gasteiger partial charge >= 0.3 is 5.97 Å². The van der Waals surface area contributed by atoms with Crippen LogP contribution in [-0.4, -0.2) is 32.4 Å². The minimum Gasteiger partial charge on any atom is -0.447 e. The fraction of sp³-hybridized carbons (Fsp3) is 0.294. The predicted octanol–water partition coefficient (Wildman–Crippen LogP) is 3.21. The highest BCUT2D eigenvalue weighted by Crippen LogP contribution is 2.26. The number of furan rings is 1. The van der Waals surface area contributed by atoms with Crippen LogP contribution in [0.15, 0.2) is 39.8 Å². The van der Waals surface area contributed by atoms with Gasteiger partial charge in [-0.3, -0.25) is 4.79 Å². The van der Waals surface area contributed by atoms with Crippen LogP contribution in [0, 0.1) is 0 Å². The van der Waals surface area contributed by atoms with Crippen LogP contribution in [0.4, 0.5) is 5.69 Å². The highest BCUT2D eigenvalue weighted by atomic mass is 35.5. The van der Waals surface area contributed by atoms with Gasteiger partial charge in [0.25, 0.3) is 15.9 Å². The smallest absolute Gasteiger partial charge is 0.375 e. The van der Waals surface area contributed by atoms with E-state index < -0.39 is 33.1 Å². The topological polar surface area (TPSA) is 115 Å². The zero-order valence-electron chi connectivity index (χ0n) is 14.6. The number of rotatable bonds is 7. The molecule has 28 heavy (non-hydrogen) atoms. The van der Waals surface area contributed by atoms with E-state index in [0.717, 1.165) is 18.9 Å². The molecule has 1 aromatic heterocycles. The maximum absolute atomic E-state index is 12.2. The van der Waals surface area contributed by atoms with Gasteiger partial charge in [0, 0.05) is 11.1 Å². The van der Waals surface area contributed by atoms with E-state index in [2.05, 4.69) is 10.0 Å². The molecular weight excluding hydrogens is 431 g/mol. The van der Waals surface area contributed by atoms with Gasteiger partial charge in [-0.15, -0.1) is 0 Å². The average Bonchev–Trinajstić information content (AvgIpc) is 3.26. The molecule has 0 radical (unpaired) electrons. The van der Waals surface area contributed by atoms with Crippen molar-refractivity contribution in [2.45, 2.75) is 37.0 Å². The first-order valence-electron chi connectivity index (χ1n) is 8.25. The lowest BCUT2D eigenvalue weighted by Crippen LogP contribution is -2.30. The van der Waals surface area contributed by atoms with Crippen molar-refractivity contribution in [1.82, 2.24) is 4.72 Å². The third-order valence-corrected chi connectivity index (χ3v) is 5.74. The Morgan fingerprint density at radius 1 is 1.21 bits per heavy atom. The Kier molecular flexibility index (Phi) is 5.99. The van der Waals surface area contributed by atoms with Crippen LogP contribution < -0.4 is 10.0 Å². The molecule has 0 bridgehead atoms. The standard InChI is InChI=1S/C17H16Cl2N2O6S/c1-9(16(22)20-13-8-10(18)2-5-12(13)19)26-17(23)14-6-7-15(27-14)28(24,25)21-11-3-4-11/h2,5-9,11,21H,3-4H2,1H3,(H,20,22). The Hall–Kier alpha value is -2.07.